The van der Waals surface area contributed by atoms with Crippen LogP contribution in [0.5, 0.6) is 0 Å². The van der Waals surface area contributed by atoms with Crippen LogP contribution in [-0.2, 0) is 32.6 Å². The Bertz CT molecular complexity index is 1760. The van der Waals surface area contributed by atoms with E-state index in [9.17, 15) is 18.0 Å². The summed E-state index contributed by atoms with van der Waals surface area (Å²) in [4.78, 5) is 30.4. The number of hydrogen-bond acceptors (Lipinski definition) is 4. The minimum absolute atomic E-state index is 0.0547. The second kappa shape index (κ2) is 15.1. The lowest BCUT2D eigenvalue weighted by molar-refractivity contribution is -0.140. The molecule has 7 nitrogen and oxygen atoms in total. The molecule has 0 aromatic heterocycles. The standard InChI is InChI=1S/C37H40BrN3O4S/c1-27-20-21-33(22-28(27)2)41(46(44,45)34-18-7-4-8-19-34)26-36(42)40(25-30-14-11-15-31(38)23-30)35(24-29-12-5-3-6-13-29)37(43)39-32-16-9-10-17-32/h3-8,11-15,18-23,32,35H,9-10,16-17,24-26H2,1-2H3,(H,39,43)/t35-/m1/s1. The fraction of sp³-hybridized carbons (Fsp3) is 0.297. The van der Waals surface area contributed by atoms with Gasteiger partial charge in [-0.3, -0.25) is 13.9 Å². The summed E-state index contributed by atoms with van der Waals surface area (Å²) in [5.74, 6) is -0.706. The van der Waals surface area contributed by atoms with Gasteiger partial charge in [-0.1, -0.05) is 95.5 Å². The predicted molar refractivity (Wildman–Crippen MR) is 186 cm³/mol. The van der Waals surface area contributed by atoms with Crippen molar-refractivity contribution >= 4 is 43.5 Å². The van der Waals surface area contributed by atoms with Crippen LogP contribution in [0, 0.1) is 13.8 Å². The Hall–Kier alpha value is -3.95. The molecule has 1 fully saturated rings. The van der Waals surface area contributed by atoms with Gasteiger partial charge in [-0.15, -0.1) is 0 Å². The first kappa shape index (κ1) is 33.4. The topological polar surface area (TPSA) is 86.8 Å². The van der Waals surface area contributed by atoms with Gasteiger partial charge >= 0.3 is 0 Å². The molecule has 0 bridgehead atoms. The van der Waals surface area contributed by atoms with Crippen LogP contribution < -0.4 is 9.62 Å². The monoisotopic (exact) mass is 701 g/mol. The maximum absolute atomic E-state index is 14.6. The highest BCUT2D eigenvalue weighted by Crippen LogP contribution is 2.27. The number of aryl methyl sites for hydroxylation is 2. The third-order valence-corrected chi connectivity index (χ3v) is 10.9. The van der Waals surface area contributed by atoms with Gasteiger partial charge < -0.3 is 10.2 Å². The first-order valence-corrected chi connectivity index (χ1v) is 17.9. The zero-order chi connectivity index (χ0) is 32.7. The molecule has 1 aliphatic carbocycles. The van der Waals surface area contributed by atoms with Crippen molar-refractivity contribution < 1.29 is 18.0 Å². The van der Waals surface area contributed by atoms with Gasteiger partial charge in [-0.05, 0) is 85.3 Å². The first-order valence-electron chi connectivity index (χ1n) is 15.6. The minimum Gasteiger partial charge on any atom is -0.352 e. The van der Waals surface area contributed by atoms with E-state index in [-0.39, 0.29) is 29.8 Å². The molecule has 0 heterocycles. The molecule has 0 radical (unpaired) electrons. The zero-order valence-electron chi connectivity index (χ0n) is 26.2. The highest BCUT2D eigenvalue weighted by atomic mass is 79.9. The molecular formula is C37H40BrN3O4S. The summed E-state index contributed by atoms with van der Waals surface area (Å²) in [7, 11) is -4.14. The van der Waals surface area contributed by atoms with Gasteiger partial charge in [0.05, 0.1) is 10.6 Å². The predicted octanol–water partition coefficient (Wildman–Crippen LogP) is 6.96. The summed E-state index contributed by atoms with van der Waals surface area (Å²) < 4.78 is 30.4. The van der Waals surface area contributed by atoms with E-state index in [2.05, 4.69) is 21.2 Å². The molecule has 46 heavy (non-hydrogen) atoms. The molecule has 5 rings (SSSR count). The summed E-state index contributed by atoms with van der Waals surface area (Å²) in [6, 6.07) is 29.9. The number of halogens is 1. The molecule has 1 saturated carbocycles. The highest BCUT2D eigenvalue weighted by Gasteiger charge is 2.35. The second-order valence-electron chi connectivity index (χ2n) is 11.9. The lowest BCUT2D eigenvalue weighted by Crippen LogP contribution is -2.54. The van der Waals surface area contributed by atoms with Gasteiger partial charge in [-0.25, -0.2) is 8.42 Å². The summed E-state index contributed by atoms with van der Waals surface area (Å²) in [6.07, 6.45) is 4.20. The molecule has 1 aliphatic rings. The highest BCUT2D eigenvalue weighted by molar-refractivity contribution is 9.10. The van der Waals surface area contributed by atoms with Gasteiger partial charge in [0.1, 0.15) is 12.6 Å². The number of benzene rings is 4. The molecule has 0 unspecified atom stereocenters. The Morgan fingerprint density at radius 3 is 2.13 bits per heavy atom. The molecule has 1 N–H and O–H groups in total. The summed E-state index contributed by atoms with van der Waals surface area (Å²) in [5, 5.41) is 3.21. The Labute approximate surface area is 280 Å². The molecule has 0 aliphatic heterocycles. The van der Waals surface area contributed by atoms with Gasteiger partial charge in [0.25, 0.3) is 10.0 Å². The van der Waals surface area contributed by atoms with Crippen LogP contribution in [0.25, 0.3) is 0 Å². The Morgan fingerprint density at radius 2 is 1.48 bits per heavy atom. The van der Waals surface area contributed by atoms with Crippen LogP contribution >= 0.6 is 15.9 Å². The van der Waals surface area contributed by atoms with E-state index >= 15 is 0 Å². The lowest BCUT2D eigenvalue weighted by Gasteiger charge is -2.34. The number of carbonyl (C=O) groups excluding carboxylic acids is 2. The number of amides is 2. The van der Waals surface area contributed by atoms with Crippen molar-refractivity contribution in [3.05, 3.63) is 130 Å². The van der Waals surface area contributed by atoms with Crippen molar-refractivity contribution in [2.24, 2.45) is 0 Å². The van der Waals surface area contributed by atoms with Gasteiger partial charge in [0.15, 0.2) is 0 Å². The third kappa shape index (κ3) is 8.25. The average molecular weight is 703 g/mol. The van der Waals surface area contributed by atoms with Crippen LogP contribution in [0.4, 0.5) is 5.69 Å². The van der Waals surface area contributed by atoms with Crippen LogP contribution in [0.15, 0.2) is 112 Å². The largest absolute Gasteiger partial charge is 0.352 e. The van der Waals surface area contributed by atoms with Crippen molar-refractivity contribution in [2.45, 2.75) is 69.5 Å². The number of nitrogens with zero attached hydrogens (tertiary/aromatic N) is 2. The quantitative estimate of drug-likeness (QED) is 0.173. The van der Waals surface area contributed by atoms with Crippen molar-refractivity contribution in [1.29, 1.82) is 0 Å². The van der Waals surface area contributed by atoms with Crippen molar-refractivity contribution in [2.75, 3.05) is 10.8 Å². The summed E-state index contributed by atoms with van der Waals surface area (Å²) >= 11 is 3.53. The fourth-order valence-electron chi connectivity index (χ4n) is 5.88. The maximum atomic E-state index is 14.6. The second-order valence-corrected chi connectivity index (χ2v) is 14.7. The van der Waals surface area contributed by atoms with Gasteiger partial charge in [0, 0.05) is 23.5 Å². The molecule has 1 atom stereocenters. The summed E-state index contributed by atoms with van der Waals surface area (Å²) in [6.45, 7) is 3.52. The van der Waals surface area contributed by atoms with Gasteiger partial charge in [-0.2, -0.15) is 0 Å². The van der Waals surface area contributed by atoms with E-state index in [1.807, 2.05) is 74.5 Å². The molecule has 4 aromatic carbocycles. The summed E-state index contributed by atoms with van der Waals surface area (Å²) in [5.41, 5.74) is 4.02. The number of sulfonamides is 1. The van der Waals surface area contributed by atoms with Crippen molar-refractivity contribution in [3.63, 3.8) is 0 Å². The Kier molecular flexibility index (Phi) is 11.0. The molecule has 240 valence electrons. The van der Waals surface area contributed by atoms with Crippen LogP contribution in [0.1, 0.15) is 47.9 Å². The molecule has 4 aromatic rings. The lowest BCUT2D eigenvalue weighted by atomic mass is 10.0. The minimum atomic E-state index is -4.14. The normalized spacial score (nSPS) is 14.1. The van der Waals surface area contributed by atoms with Crippen LogP contribution in [0.3, 0.4) is 0 Å². The number of nitrogens with one attached hydrogen (secondary N) is 1. The smallest absolute Gasteiger partial charge is 0.264 e. The average Bonchev–Trinajstić information content (AvgIpc) is 3.56. The van der Waals surface area contributed by atoms with Crippen molar-refractivity contribution in [1.82, 2.24) is 10.2 Å². The van der Waals surface area contributed by atoms with Crippen LogP contribution in [0.2, 0.25) is 0 Å². The maximum Gasteiger partial charge on any atom is 0.264 e. The van der Waals surface area contributed by atoms with E-state index in [1.165, 1.54) is 16.4 Å². The Balaban J connectivity index is 1.57. The van der Waals surface area contributed by atoms with E-state index < -0.39 is 28.5 Å². The SMILES string of the molecule is Cc1ccc(N(CC(=O)N(Cc2cccc(Br)c2)[C@H](Cc2ccccc2)C(=O)NC2CCCC2)S(=O)(=O)c2ccccc2)cc1C. The van der Waals surface area contributed by atoms with E-state index in [0.29, 0.717) is 5.69 Å². The van der Waals surface area contributed by atoms with Gasteiger partial charge in [0.2, 0.25) is 11.8 Å². The Morgan fingerprint density at radius 1 is 0.826 bits per heavy atom. The third-order valence-electron chi connectivity index (χ3n) is 8.60. The molecule has 0 saturated heterocycles. The number of anilines is 1. The molecule has 0 spiro atoms. The fourth-order valence-corrected chi connectivity index (χ4v) is 7.76. The first-order chi connectivity index (χ1) is 22.1. The molecule has 9 heteroatoms. The van der Waals surface area contributed by atoms with E-state index in [0.717, 1.165) is 52.4 Å². The van der Waals surface area contributed by atoms with Crippen molar-refractivity contribution in [3.8, 4) is 0 Å². The van der Waals surface area contributed by atoms with Crippen LogP contribution in [-0.4, -0.2) is 43.8 Å². The van der Waals surface area contributed by atoms with E-state index in [4.69, 9.17) is 0 Å². The molecular weight excluding hydrogens is 662 g/mol. The number of hydrogen-bond donors (Lipinski definition) is 1. The zero-order valence-corrected chi connectivity index (χ0v) is 28.6. The number of carbonyl (C=O) groups is 2. The molecule has 2 amide bonds. The van der Waals surface area contributed by atoms with E-state index in [1.54, 1.807) is 35.2 Å². The number of rotatable bonds is 12.